The second-order valence-corrected chi connectivity index (χ2v) is 4.42. The van der Waals surface area contributed by atoms with Crippen LogP contribution in [-0.2, 0) is 0 Å². The van der Waals surface area contributed by atoms with Gasteiger partial charge in [-0.3, -0.25) is 0 Å². The molecule has 0 N–H and O–H groups in total. The molecule has 0 aliphatic carbocycles. The van der Waals surface area contributed by atoms with Gasteiger partial charge in [0.25, 0.3) is 0 Å². The summed E-state index contributed by atoms with van der Waals surface area (Å²) in [4.78, 5) is 0. The third kappa shape index (κ3) is 1.92. The number of hydrogen-bond acceptors (Lipinski definition) is 0. The van der Waals surface area contributed by atoms with Crippen LogP contribution in [0.1, 0.15) is 0 Å². The van der Waals surface area contributed by atoms with Gasteiger partial charge in [0.2, 0.25) is 0 Å². The average molecular weight is 206 g/mol. The Bertz CT molecular complexity index is 216. The van der Waals surface area contributed by atoms with E-state index in [0.717, 1.165) is 3.69 Å². The van der Waals surface area contributed by atoms with E-state index in [4.69, 9.17) is 32.3 Å². The van der Waals surface area contributed by atoms with Crippen LogP contribution in [0.5, 0.6) is 0 Å². The highest BCUT2D eigenvalue weighted by molar-refractivity contribution is 7.02. The topological polar surface area (TPSA) is 0 Å². The molecule has 0 bridgehead atoms. The molecule has 0 atom stereocenters. The molecular formula is C6H3Cl3Mg. The molecule has 0 amide bonds. The maximum atomic E-state index is 5.80. The van der Waals surface area contributed by atoms with E-state index in [1.165, 1.54) is 0 Å². The van der Waals surface area contributed by atoms with Crippen molar-refractivity contribution in [3.63, 3.8) is 0 Å². The van der Waals surface area contributed by atoms with Gasteiger partial charge in [-0.1, -0.05) is 29.3 Å². The van der Waals surface area contributed by atoms with Gasteiger partial charge in [-0.2, -0.15) is 0 Å². The third-order valence-electron chi connectivity index (χ3n) is 1.20. The van der Waals surface area contributed by atoms with E-state index in [0.29, 0.717) is 10.0 Å². The van der Waals surface area contributed by atoms with E-state index in [1.807, 2.05) is 6.07 Å². The Hall–Kier alpha value is 0.856. The van der Waals surface area contributed by atoms with Crippen molar-refractivity contribution < 1.29 is 0 Å². The van der Waals surface area contributed by atoms with Gasteiger partial charge in [-0.25, -0.2) is 0 Å². The highest BCUT2D eigenvalue weighted by Gasteiger charge is 2.05. The van der Waals surface area contributed by atoms with Crippen LogP contribution in [-0.4, -0.2) is 19.3 Å². The lowest BCUT2D eigenvalue weighted by Crippen LogP contribution is -2.11. The van der Waals surface area contributed by atoms with Crippen LogP contribution >= 0.6 is 32.3 Å². The van der Waals surface area contributed by atoms with Crippen molar-refractivity contribution in [3.05, 3.63) is 28.2 Å². The van der Waals surface area contributed by atoms with E-state index >= 15 is 0 Å². The van der Waals surface area contributed by atoms with Crippen molar-refractivity contribution >= 4 is 55.2 Å². The first kappa shape index (κ1) is 8.95. The fourth-order valence-electron chi connectivity index (χ4n) is 0.660. The first-order valence-corrected chi connectivity index (χ1v) is 6.34. The summed E-state index contributed by atoms with van der Waals surface area (Å²) in [5, 5.41) is 1.38. The first-order valence-electron chi connectivity index (χ1n) is 2.74. The molecule has 0 saturated heterocycles. The molecule has 0 heterocycles. The lowest BCUT2D eigenvalue weighted by molar-refractivity contribution is 1.76. The third-order valence-corrected chi connectivity index (χ3v) is 4.18. The van der Waals surface area contributed by atoms with Crippen LogP contribution in [0.4, 0.5) is 0 Å². The maximum Gasteiger partial charge on any atom is 0.542 e. The molecule has 4 heteroatoms. The summed E-state index contributed by atoms with van der Waals surface area (Å²) < 4.78 is 0.938. The zero-order valence-corrected chi connectivity index (χ0v) is 8.76. The Morgan fingerprint density at radius 2 is 1.60 bits per heavy atom. The molecule has 50 valence electrons. The summed E-state index contributed by atoms with van der Waals surface area (Å²) in [6, 6.07) is 5.42. The molecule has 0 aliphatic rings. The zero-order chi connectivity index (χ0) is 7.56. The average Bonchev–Trinajstić information content (AvgIpc) is 1.88. The minimum atomic E-state index is -0.758. The maximum absolute atomic E-state index is 5.80. The standard InChI is InChI=1S/C6H3Cl2.ClH.Mg/c7-5-2-1-3-6(8)4-5;;/h1-3H;1H;/q;;+1/p-1. The highest BCUT2D eigenvalue weighted by Crippen LogP contribution is 2.12. The van der Waals surface area contributed by atoms with Gasteiger partial charge in [0, 0.05) is 10.0 Å². The van der Waals surface area contributed by atoms with Crippen molar-refractivity contribution in [2.45, 2.75) is 0 Å². The monoisotopic (exact) mass is 204 g/mol. The summed E-state index contributed by atoms with van der Waals surface area (Å²) in [5.41, 5.74) is 0. The van der Waals surface area contributed by atoms with Gasteiger partial charge in [0.15, 0.2) is 0 Å². The smallest absolute Gasteiger partial charge is 0.335 e. The van der Waals surface area contributed by atoms with Crippen LogP contribution in [0.25, 0.3) is 0 Å². The zero-order valence-electron chi connectivity index (χ0n) is 5.07. The van der Waals surface area contributed by atoms with Gasteiger partial charge in [0.05, 0.1) is 0 Å². The molecule has 0 unspecified atom stereocenters. The number of benzene rings is 1. The lowest BCUT2D eigenvalue weighted by Gasteiger charge is -2.00. The Morgan fingerprint density at radius 1 is 1.10 bits per heavy atom. The van der Waals surface area contributed by atoms with Crippen LogP contribution in [0, 0.1) is 0 Å². The van der Waals surface area contributed by atoms with Gasteiger partial charge >= 0.3 is 19.3 Å². The van der Waals surface area contributed by atoms with Crippen LogP contribution in [0.15, 0.2) is 18.2 Å². The Morgan fingerprint density at radius 3 is 1.90 bits per heavy atom. The van der Waals surface area contributed by atoms with Crippen molar-refractivity contribution in [3.8, 4) is 0 Å². The van der Waals surface area contributed by atoms with Crippen molar-refractivity contribution in [1.29, 1.82) is 0 Å². The molecule has 0 nitrogen and oxygen atoms in total. The fourth-order valence-corrected chi connectivity index (χ4v) is 3.22. The molecule has 1 aromatic rings. The SMILES string of the molecule is [Cl][Mg][c]1c(Cl)cccc1Cl. The summed E-state index contributed by atoms with van der Waals surface area (Å²) in [5.74, 6) is 0. The quantitative estimate of drug-likeness (QED) is 0.618. The van der Waals surface area contributed by atoms with Gasteiger partial charge in [-0.15, -0.1) is 3.69 Å². The van der Waals surface area contributed by atoms with Crippen LogP contribution in [0.2, 0.25) is 10.0 Å². The number of hydrogen-bond donors (Lipinski definition) is 0. The first-order chi connectivity index (χ1) is 4.75. The minimum Gasteiger partial charge on any atom is -0.335 e. The van der Waals surface area contributed by atoms with E-state index in [2.05, 4.69) is 0 Å². The highest BCUT2D eigenvalue weighted by atomic mass is 35.5. The number of rotatable bonds is 1. The molecule has 0 fully saturated rings. The van der Waals surface area contributed by atoms with Crippen molar-refractivity contribution in [1.82, 2.24) is 0 Å². The van der Waals surface area contributed by atoms with Gasteiger partial charge in [0.1, 0.15) is 0 Å². The van der Waals surface area contributed by atoms with E-state index in [-0.39, 0.29) is 0 Å². The summed E-state index contributed by atoms with van der Waals surface area (Å²) in [7, 11) is 5.71. The molecule has 0 aromatic heterocycles. The Labute approximate surface area is 83.0 Å². The molecule has 0 spiro atoms. The van der Waals surface area contributed by atoms with Crippen LogP contribution in [0.3, 0.4) is 0 Å². The molecule has 1 aromatic carbocycles. The van der Waals surface area contributed by atoms with Crippen molar-refractivity contribution in [2.75, 3.05) is 0 Å². The largest absolute Gasteiger partial charge is 0.542 e. The lowest BCUT2D eigenvalue weighted by atomic mass is 10.4. The molecular weight excluding hydrogens is 203 g/mol. The van der Waals surface area contributed by atoms with Gasteiger partial charge < -0.3 is 9.07 Å². The minimum absolute atomic E-state index is 0.689. The Balaban J connectivity index is 3.17. The van der Waals surface area contributed by atoms with Crippen LogP contribution < -0.4 is 3.69 Å². The molecule has 10 heavy (non-hydrogen) atoms. The Kier molecular flexibility index (Phi) is 3.60. The van der Waals surface area contributed by atoms with E-state index in [9.17, 15) is 0 Å². The molecule has 0 radical (unpaired) electrons. The van der Waals surface area contributed by atoms with Crippen molar-refractivity contribution in [2.24, 2.45) is 0 Å². The number of halogens is 3. The van der Waals surface area contributed by atoms with E-state index in [1.54, 1.807) is 12.1 Å². The molecule has 1 rings (SSSR count). The second-order valence-electron chi connectivity index (χ2n) is 1.83. The second kappa shape index (κ2) is 4.03. The summed E-state index contributed by atoms with van der Waals surface area (Å²) in [6.07, 6.45) is 0. The van der Waals surface area contributed by atoms with Gasteiger partial charge in [-0.05, 0) is 12.1 Å². The summed E-state index contributed by atoms with van der Waals surface area (Å²) in [6.45, 7) is 0. The fraction of sp³-hybridized carbons (Fsp3) is 0. The summed E-state index contributed by atoms with van der Waals surface area (Å²) >= 11 is 10.8. The predicted octanol–water partition coefficient (Wildman–Crippen LogP) is 2.48. The van der Waals surface area contributed by atoms with E-state index < -0.39 is 19.3 Å². The predicted molar refractivity (Wildman–Crippen MR) is 47.7 cm³/mol. The molecule has 0 aliphatic heterocycles. The normalized spacial score (nSPS) is 9.10. The molecule has 0 saturated carbocycles.